The quantitative estimate of drug-likeness (QED) is 0.579. The van der Waals surface area contributed by atoms with E-state index in [2.05, 4.69) is 5.10 Å². The van der Waals surface area contributed by atoms with Gasteiger partial charge in [-0.3, -0.25) is 9.48 Å². The van der Waals surface area contributed by atoms with E-state index < -0.39 is 46.9 Å². The Balaban J connectivity index is 2.02. The van der Waals surface area contributed by atoms with E-state index in [1.165, 1.54) is 22.9 Å². The molecule has 4 N–H and O–H groups in total. The van der Waals surface area contributed by atoms with Crippen LogP contribution < -0.4 is 11.5 Å². The van der Waals surface area contributed by atoms with Gasteiger partial charge in [0, 0.05) is 17.7 Å². The lowest BCUT2D eigenvalue weighted by atomic mass is 9.93. The number of carbonyl (C=O) groups excluding carboxylic acids is 2. The normalized spacial score (nSPS) is 15.9. The summed E-state index contributed by atoms with van der Waals surface area (Å²) >= 11 is 0. The van der Waals surface area contributed by atoms with Crippen molar-refractivity contribution in [1.29, 1.82) is 0 Å². The average Bonchev–Trinajstić information content (AvgIpc) is 3.12. The van der Waals surface area contributed by atoms with E-state index in [0.717, 1.165) is 11.0 Å². The van der Waals surface area contributed by atoms with Gasteiger partial charge in [0.2, 0.25) is 0 Å². The smallest absolute Gasteiger partial charge is 0.365 e. The largest absolute Gasteiger partial charge is 0.416 e. The first-order chi connectivity index (χ1) is 15.5. The predicted octanol–water partition coefficient (Wildman–Crippen LogP) is 3.43. The van der Waals surface area contributed by atoms with Gasteiger partial charge in [0.1, 0.15) is 23.4 Å². The van der Waals surface area contributed by atoms with E-state index in [0.29, 0.717) is 18.2 Å². The fraction of sp³-hybridized carbons (Fsp3) is 0.190. The molecule has 0 saturated heterocycles. The summed E-state index contributed by atoms with van der Waals surface area (Å²) in [6, 6.07) is 4.22. The highest BCUT2D eigenvalue weighted by Crippen LogP contribution is 2.41. The zero-order valence-electron chi connectivity index (χ0n) is 16.7. The highest BCUT2D eigenvalue weighted by atomic mass is 19.4. The fourth-order valence-corrected chi connectivity index (χ4v) is 3.97. The summed E-state index contributed by atoms with van der Waals surface area (Å²) in [5.74, 6) is -2.73. The molecule has 7 nitrogen and oxygen atoms in total. The maximum absolute atomic E-state index is 14.8. The standard InChI is InChI=1S/C21H16F5N5O2/c22-12-3-1-2-10(8-12)16-15(19(27)32)18-17(30(20(28)33)6-7-31(18)29-16)13-9-11(21(24,25)26)4-5-14(13)23/h1-5,8-9,17H,6-7H2,(H2,27,32)(H2,28,33). The van der Waals surface area contributed by atoms with E-state index in [-0.39, 0.29) is 35.6 Å². The van der Waals surface area contributed by atoms with E-state index >= 15 is 0 Å². The Morgan fingerprint density at radius 1 is 1.03 bits per heavy atom. The van der Waals surface area contributed by atoms with Crippen molar-refractivity contribution in [2.75, 3.05) is 6.54 Å². The van der Waals surface area contributed by atoms with Gasteiger partial charge >= 0.3 is 12.2 Å². The Hall–Kier alpha value is -3.96. The zero-order chi connectivity index (χ0) is 24.1. The minimum absolute atomic E-state index is 0.00898. The summed E-state index contributed by atoms with van der Waals surface area (Å²) in [4.78, 5) is 25.5. The van der Waals surface area contributed by atoms with Crippen LogP contribution in [0.5, 0.6) is 0 Å². The van der Waals surface area contributed by atoms with Gasteiger partial charge in [-0.1, -0.05) is 12.1 Å². The number of urea groups is 1. The van der Waals surface area contributed by atoms with E-state index in [1.54, 1.807) is 0 Å². The van der Waals surface area contributed by atoms with Gasteiger partial charge in [-0.05, 0) is 30.3 Å². The van der Waals surface area contributed by atoms with Crippen molar-refractivity contribution in [2.45, 2.75) is 18.8 Å². The lowest BCUT2D eigenvalue weighted by Crippen LogP contribution is -2.46. The Bertz CT molecular complexity index is 1270. The molecular weight excluding hydrogens is 449 g/mol. The van der Waals surface area contributed by atoms with Gasteiger partial charge < -0.3 is 16.4 Å². The summed E-state index contributed by atoms with van der Waals surface area (Å²) in [7, 11) is 0. The van der Waals surface area contributed by atoms with Crippen LogP contribution in [0.1, 0.15) is 33.2 Å². The number of halogens is 5. The number of alkyl halides is 3. The molecule has 3 aromatic rings. The molecule has 0 fully saturated rings. The van der Waals surface area contributed by atoms with E-state index in [9.17, 15) is 31.5 Å². The molecular formula is C21H16F5N5O2. The fourth-order valence-electron chi connectivity index (χ4n) is 3.97. The molecule has 172 valence electrons. The summed E-state index contributed by atoms with van der Waals surface area (Å²) in [6.45, 7) is -0.143. The second-order valence-electron chi connectivity index (χ2n) is 7.37. The van der Waals surface area contributed by atoms with Crippen LogP contribution in [0.2, 0.25) is 0 Å². The van der Waals surface area contributed by atoms with E-state index in [4.69, 9.17) is 11.5 Å². The summed E-state index contributed by atoms with van der Waals surface area (Å²) < 4.78 is 69.9. The van der Waals surface area contributed by atoms with Crippen molar-refractivity contribution in [2.24, 2.45) is 11.5 Å². The number of benzene rings is 2. The Morgan fingerprint density at radius 2 is 1.76 bits per heavy atom. The first-order valence-electron chi connectivity index (χ1n) is 9.58. The average molecular weight is 465 g/mol. The number of primary amides is 2. The molecule has 4 rings (SSSR count). The summed E-state index contributed by atoms with van der Waals surface area (Å²) in [5, 5.41) is 4.28. The van der Waals surface area contributed by atoms with Crippen LogP contribution >= 0.6 is 0 Å². The number of amides is 3. The van der Waals surface area contributed by atoms with Crippen LogP contribution in [0.15, 0.2) is 42.5 Å². The molecule has 12 heteroatoms. The first-order valence-corrected chi connectivity index (χ1v) is 9.58. The van der Waals surface area contributed by atoms with Crippen LogP contribution in [-0.2, 0) is 12.7 Å². The number of rotatable bonds is 3. The minimum Gasteiger partial charge on any atom is -0.365 e. The number of nitrogens with two attached hydrogens (primary N) is 2. The summed E-state index contributed by atoms with van der Waals surface area (Å²) in [5.41, 5.74) is 9.00. The van der Waals surface area contributed by atoms with Crippen LogP contribution in [0.4, 0.5) is 26.7 Å². The van der Waals surface area contributed by atoms with Crippen molar-refractivity contribution in [1.82, 2.24) is 14.7 Å². The Labute approximate surface area is 183 Å². The van der Waals surface area contributed by atoms with Gasteiger partial charge in [0.15, 0.2) is 0 Å². The number of hydrogen-bond acceptors (Lipinski definition) is 3. The van der Waals surface area contributed by atoms with Crippen molar-refractivity contribution in [3.05, 3.63) is 76.5 Å². The monoisotopic (exact) mass is 465 g/mol. The van der Waals surface area contributed by atoms with Crippen LogP contribution in [-0.4, -0.2) is 33.2 Å². The van der Waals surface area contributed by atoms with Gasteiger partial charge in [0.25, 0.3) is 5.91 Å². The molecule has 3 amide bonds. The SMILES string of the molecule is NC(=O)c1c(-c2cccc(F)c2)nn2c1C(c1cc(C(F)(F)F)ccc1F)N(C(N)=O)CC2. The molecule has 1 atom stereocenters. The van der Waals surface area contributed by atoms with Gasteiger partial charge in [0.05, 0.1) is 23.4 Å². The molecule has 1 aliphatic rings. The highest BCUT2D eigenvalue weighted by molar-refractivity contribution is 6.00. The molecule has 0 bridgehead atoms. The molecule has 1 aliphatic heterocycles. The zero-order valence-corrected chi connectivity index (χ0v) is 16.7. The Kier molecular flexibility index (Phi) is 5.30. The third kappa shape index (κ3) is 3.88. The molecule has 0 spiro atoms. The molecule has 0 radical (unpaired) electrons. The van der Waals surface area contributed by atoms with Crippen molar-refractivity contribution >= 4 is 11.9 Å². The number of aromatic nitrogens is 2. The van der Waals surface area contributed by atoms with Crippen molar-refractivity contribution in [3.8, 4) is 11.3 Å². The summed E-state index contributed by atoms with van der Waals surface area (Å²) in [6.07, 6.45) is -4.80. The van der Waals surface area contributed by atoms with Crippen LogP contribution in [0, 0.1) is 11.6 Å². The third-order valence-corrected chi connectivity index (χ3v) is 5.36. The van der Waals surface area contributed by atoms with Crippen molar-refractivity contribution < 1.29 is 31.5 Å². The van der Waals surface area contributed by atoms with Gasteiger partial charge in [-0.2, -0.15) is 18.3 Å². The maximum atomic E-state index is 14.8. The van der Waals surface area contributed by atoms with Crippen molar-refractivity contribution in [3.63, 3.8) is 0 Å². The number of nitrogens with zero attached hydrogens (tertiary/aromatic N) is 3. The lowest BCUT2D eigenvalue weighted by molar-refractivity contribution is -0.137. The Morgan fingerprint density at radius 3 is 2.36 bits per heavy atom. The van der Waals surface area contributed by atoms with Gasteiger partial charge in [-0.25, -0.2) is 13.6 Å². The number of hydrogen-bond donors (Lipinski definition) is 2. The number of carbonyl (C=O) groups is 2. The molecule has 33 heavy (non-hydrogen) atoms. The minimum atomic E-state index is -4.80. The molecule has 2 aromatic carbocycles. The first kappa shape index (κ1) is 22.2. The van der Waals surface area contributed by atoms with Crippen LogP contribution in [0.25, 0.3) is 11.3 Å². The molecule has 0 aliphatic carbocycles. The second kappa shape index (κ2) is 7.87. The number of fused-ring (bicyclic) bond motifs is 1. The molecule has 1 unspecified atom stereocenters. The highest BCUT2D eigenvalue weighted by Gasteiger charge is 2.40. The predicted molar refractivity (Wildman–Crippen MR) is 106 cm³/mol. The molecule has 0 saturated carbocycles. The molecule has 1 aromatic heterocycles. The van der Waals surface area contributed by atoms with E-state index in [1.807, 2.05) is 0 Å². The van der Waals surface area contributed by atoms with Crippen LogP contribution in [0.3, 0.4) is 0 Å². The topological polar surface area (TPSA) is 107 Å². The maximum Gasteiger partial charge on any atom is 0.416 e. The van der Waals surface area contributed by atoms with Gasteiger partial charge in [-0.15, -0.1) is 0 Å². The second-order valence-corrected chi connectivity index (χ2v) is 7.37. The molecule has 2 heterocycles. The third-order valence-electron chi connectivity index (χ3n) is 5.36. The lowest BCUT2D eigenvalue weighted by Gasteiger charge is -2.36.